The van der Waals surface area contributed by atoms with E-state index < -0.39 is 0 Å². The first-order valence-corrected chi connectivity index (χ1v) is 6.94. The van der Waals surface area contributed by atoms with Crippen LogP contribution in [0.2, 0.25) is 0 Å². The molecule has 1 heterocycles. The molecule has 0 aromatic rings. The van der Waals surface area contributed by atoms with E-state index in [0.717, 1.165) is 25.7 Å². The van der Waals surface area contributed by atoms with E-state index in [1.54, 1.807) is 0 Å². The van der Waals surface area contributed by atoms with Gasteiger partial charge in [-0.25, -0.2) is 0 Å². The Morgan fingerprint density at radius 2 is 1.94 bits per heavy atom. The standard InChI is InChI=1S/C13H24N2O3/c1-14-11-2-4-12(5-3-11)18-10-13(16)15-6-8-17-9-7-15/h11-12,14H,2-10H2,1H3. The van der Waals surface area contributed by atoms with E-state index in [1.807, 2.05) is 11.9 Å². The Kier molecular flexibility index (Phi) is 5.41. The molecule has 1 saturated carbocycles. The van der Waals surface area contributed by atoms with Crippen LogP contribution in [0.25, 0.3) is 0 Å². The van der Waals surface area contributed by atoms with Gasteiger partial charge < -0.3 is 19.7 Å². The summed E-state index contributed by atoms with van der Waals surface area (Å²) >= 11 is 0. The first-order valence-electron chi connectivity index (χ1n) is 6.94. The van der Waals surface area contributed by atoms with Gasteiger partial charge in [0.15, 0.2) is 0 Å². The van der Waals surface area contributed by atoms with E-state index in [9.17, 15) is 4.79 Å². The quantitative estimate of drug-likeness (QED) is 0.790. The Hall–Kier alpha value is -0.650. The van der Waals surface area contributed by atoms with Gasteiger partial charge in [-0.15, -0.1) is 0 Å². The number of hydrogen-bond acceptors (Lipinski definition) is 4. The fourth-order valence-electron chi connectivity index (χ4n) is 2.61. The van der Waals surface area contributed by atoms with E-state index in [2.05, 4.69) is 5.32 Å². The van der Waals surface area contributed by atoms with Crippen LogP contribution < -0.4 is 5.32 Å². The van der Waals surface area contributed by atoms with Gasteiger partial charge in [0.25, 0.3) is 0 Å². The van der Waals surface area contributed by atoms with Gasteiger partial charge in [-0.1, -0.05) is 0 Å². The summed E-state index contributed by atoms with van der Waals surface area (Å²) in [6.07, 6.45) is 4.67. The second-order valence-corrected chi connectivity index (χ2v) is 5.07. The Morgan fingerprint density at radius 3 is 2.56 bits per heavy atom. The van der Waals surface area contributed by atoms with Crippen molar-refractivity contribution >= 4 is 5.91 Å². The van der Waals surface area contributed by atoms with E-state index in [4.69, 9.17) is 9.47 Å². The van der Waals surface area contributed by atoms with Crippen molar-refractivity contribution in [2.45, 2.75) is 37.8 Å². The lowest BCUT2D eigenvalue weighted by atomic mass is 9.93. The van der Waals surface area contributed by atoms with Crippen molar-refractivity contribution in [1.29, 1.82) is 0 Å². The predicted molar refractivity (Wildman–Crippen MR) is 68.5 cm³/mol. The predicted octanol–water partition coefficient (Wildman–Crippen LogP) is 0.392. The average molecular weight is 256 g/mol. The molecule has 1 saturated heterocycles. The number of carbonyl (C=O) groups excluding carboxylic acids is 1. The van der Waals surface area contributed by atoms with Gasteiger partial charge >= 0.3 is 0 Å². The molecule has 0 aromatic carbocycles. The van der Waals surface area contributed by atoms with Crippen LogP contribution in [0.4, 0.5) is 0 Å². The summed E-state index contributed by atoms with van der Waals surface area (Å²) < 4.78 is 11.0. The molecule has 18 heavy (non-hydrogen) atoms. The molecule has 0 unspecified atom stereocenters. The molecule has 1 amide bonds. The van der Waals surface area contributed by atoms with Crippen LogP contribution in [-0.2, 0) is 14.3 Å². The van der Waals surface area contributed by atoms with Crippen molar-refractivity contribution in [3.05, 3.63) is 0 Å². The van der Waals surface area contributed by atoms with Crippen molar-refractivity contribution in [2.24, 2.45) is 0 Å². The fourth-order valence-corrected chi connectivity index (χ4v) is 2.61. The SMILES string of the molecule is CNC1CCC(OCC(=O)N2CCOCC2)CC1. The summed E-state index contributed by atoms with van der Waals surface area (Å²) in [5.74, 6) is 0.106. The zero-order valence-electron chi connectivity index (χ0n) is 11.2. The van der Waals surface area contributed by atoms with Crippen molar-refractivity contribution in [1.82, 2.24) is 10.2 Å². The fraction of sp³-hybridized carbons (Fsp3) is 0.923. The average Bonchev–Trinajstić information content (AvgIpc) is 2.46. The number of carbonyl (C=O) groups is 1. The Labute approximate surface area is 109 Å². The molecule has 2 rings (SSSR count). The van der Waals surface area contributed by atoms with Crippen molar-refractivity contribution in [3.8, 4) is 0 Å². The molecule has 2 fully saturated rings. The minimum absolute atomic E-state index is 0.106. The number of nitrogens with zero attached hydrogens (tertiary/aromatic N) is 1. The topological polar surface area (TPSA) is 50.8 Å². The van der Waals surface area contributed by atoms with Gasteiger partial charge in [0.1, 0.15) is 6.61 Å². The van der Waals surface area contributed by atoms with Crippen LogP contribution >= 0.6 is 0 Å². The Balaban J connectivity index is 1.63. The molecule has 2 aliphatic rings. The summed E-state index contributed by atoms with van der Waals surface area (Å²) in [7, 11) is 2.01. The molecular weight excluding hydrogens is 232 g/mol. The van der Waals surface area contributed by atoms with E-state index in [0.29, 0.717) is 32.3 Å². The highest BCUT2D eigenvalue weighted by atomic mass is 16.5. The highest BCUT2D eigenvalue weighted by molar-refractivity contribution is 5.77. The minimum Gasteiger partial charge on any atom is -0.378 e. The number of ether oxygens (including phenoxy) is 2. The van der Waals surface area contributed by atoms with E-state index >= 15 is 0 Å². The Bertz CT molecular complexity index is 259. The minimum atomic E-state index is 0.106. The second kappa shape index (κ2) is 7.07. The van der Waals surface area contributed by atoms with Crippen LogP contribution in [0.15, 0.2) is 0 Å². The maximum atomic E-state index is 11.9. The molecule has 0 bridgehead atoms. The van der Waals surface area contributed by atoms with Crippen LogP contribution in [0, 0.1) is 0 Å². The molecule has 5 nitrogen and oxygen atoms in total. The summed E-state index contributed by atoms with van der Waals surface area (Å²) in [6.45, 7) is 2.94. The van der Waals surface area contributed by atoms with Crippen molar-refractivity contribution < 1.29 is 14.3 Å². The van der Waals surface area contributed by atoms with E-state index in [-0.39, 0.29) is 18.6 Å². The normalized spacial score (nSPS) is 29.3. The van der Waals surface area contributed by atoms with Crippen LogP contribution in [0.5, 0.6) is 0 Å². The number of amides is 1. The monoisotopic (exact) mass is 256 g/mol. The maximum absolute atomic E-state index is 11.9. The third kappa shape index (κ3) is 3.93. The molecule has 0 aromatic heterocycles. The third-order valence-corrected chi connectivity index (χ3v) is 3.89. The summed E-state index contributed by atoms with van der Waals surface area (Å²) in [5.41, 5.74) is 0. The molecule has 0 spiro atoms. The number of nitrogens with one attached hydrogen (secondary N) is 1. The van der Waals surface area contributed by atoms with Gasteiger partial charge in [-0.2, -0.15) is 0 Å². The van der Waals surface area contributed by atoms with Crippen LogP contribution in [-0.4, -0.2) is 62.9 Å². The number of rotatable bonds is 4. The maximum Gasteiger partial charge on any atom is 0.248 e. The summed E-state index contributed by atoms with van der Waals surface area (Å²) in [6, 6.07) is 0.625. The lowest BCUT2D eigenvalue weighted by Crippen LogP contribution is -2.43. The number of morpholine rings is 1. The molecule has 0 atom stereocenters. The lowest BCUT2D eigenvalue weighted by molar-refractivity contribution is -0.142. The summed E-state index contributed by atoms with van der Waals surface area (Å²) in [4.78, 5) is 13.7. The Morgan fingerprint density at radius 1 is 1.28 bits per heavy atom. The van der Waals surface area contributed by atoms with Crippen molar-refractivity contribution in [2.75, 3.05) is 40.0 Å². The van der Waals surface area contributed by atoms with Gasteiger partial charge in [0.2, 0.25) is 5.91 Å². The van der Waals surface area contributed by atoms with Crippen LogP contribution in [0.3, 0.4) is 0 Å². The van der Waals surface area contributed by atoms with E-state index in [1.165, 1.54) is 0 Å². The molecule has 1 aliphatic carbocycles. The zero-order chi connectivity index (χ0) is 12.8. The molecule has 5 heteroatoms. The zero-order valence-corrected chi connectivity index (χ0v) is 11.2. The van der Waals surface area contributed by atoms with Gasteiger partial charge in [0, 0.05) is 19.1 Å². The highest BCUT2D eigenvalue weighted by Crippen LogP contribution is 2.20. The highest BCUT2D eigenvalue weighted by Gasteiger charge is 2.23. The van der Waals surface area contributed by atoms with Crippen molar-refractivity contribution in [3.63, 3.8) is 0 Å². The van der Waals surface area contributed by atoms with Crippen LogP contribution in [0.1, 0.15) is 25.7 Å². The van der Waals surface area contributed by atoms with Gasteiger partial charge in [-0.05, 0) is 32.7 Å². The smallest absolute Gasteiger partial charge is 0.248 e. The summed E-state index contributed by atoms with van der Waals surface area (Å²) in [5, 5.41) is 3.30. The molecule has 0 radical (unpaired) electrons. The van der Waals surface area contributed by atoms with Gasteiger partial charge in [-0.3, -0.25) is 4.79 Å². The molecule has 1 aliphatic heterocycles. The lowest BCUT2D eigenvalue weighted by Gasteiger charge is -2.30. The number of hydrogen-bond donors (Lipinski definition) is 1. The molecular formula is C13H24N2O3. The molecule has 1 N–H and O–H groups in total. The van der Waals surface area contributed by atoms with Gasteiger partial charge in [0.05, 0.1) is 19.3 Å². The molecule has 104 valence electrons. The second-order valence-electron chi connectivity index (χ2n) is 5.07. The first-order chi connectivity index (χ1) is 8.79. The largest absolute Gasteiger partial charge is 0.378 e. The third-order valence-electron chi connectivity index (χ3n) is 3.89. The first kappa shape index (κ1) is 13.8.